The molecule has 2 aliphatic carbocycles. The highest BCUT2D eigenvalue weighted by molar-refractivity contribution is 6.05. The monoisotopic (exact) mass is 464 g/mol. The molecule has 1 fully saturated rings. The van der Waals surface area contributed by atoms with Crippen LogP contribution in [0.25, 0.3) is 6.08 Å². The van der Waals surface area contributed by atoms with E-state index >= 15 is 0 Å². The van der Waals surface area contributed by atoms with Gasteiger partial charge in [-0.15, -0.1) is 0 Å². The Morgan fingerprint density at radius 3 is 2.69 bits per heavy atom. The van der Waals surface area contributed by atoms with E-state index in [1.54, 1.807) is 18.7 Å². The van der Waals surface area contributed by atoms with Crippen molar-refractivity contribution in [2.45, 2.75) is 43.8 Å². The molecule has 0 unspecified atom stereocenters. The number of anilines is 1. The second kappa shape index (κ2) is 8.42. The first-order valence-corrected chi connectivity index (χ1v) is 12.2. The van der Waals surface area contributed by atoms with Crippen LogP contribution in [-0.2, 0) is 21.3 Å². The maximum Gasteiger partial charge on any atom is 0.255 e. The first-order chi connectivity index (χ1) is 17.1. The largest absolute Gasteiger partial charge is 0.457 e. The van der Waals surface area contributed by atoms with Crippen LogP contribution in [0.5, 0.6) is 0 Å². The number of nitrogens with zero attached hydrogens (tertiary/aromatic N) is 1. The molecule has 1 amide bonds. The lowest BCUT2D eigenvalue weighted by Crippen LogP contribution is -2.50. The van der Waals surface area contributed by atoms with Gasteiger partial charge >= 0.3 is 0 Å². The van der Waals surface area contributed by atoms with Gasteiger partial charge in [-0.3, -0.25) is 9.78 Å². The molecular weight excluding hydrogens is 436 g/mol. The van der Waals surface area contributed by atoms with Gasteiger partial charge < -0.3 is 14.8 Å². The minimum absolute atomic E-state index is 0.0824. The standard InChI is InChI=1S/C30H28N2O3/c1-21-27(8-5-15-31-21)32-28(33)24-10-12-26-23(18-24)9-11-25-20-30(34-16-17-35-30)14-13-29(25,26)19-22-6-3-2-4-7-22/h2-12,15-18,25H,13-14,19-20H2,1H3,(H,32,33)/t25-,29-/m0/s1. The highest BCUT2D eigenvalue weighted by Crippen LogP contribution is 2.55. The number of carbonyl (C=O) groups excluding carboxylic acids is 1. The lowest BCUT2D eigenvalue weighted by molar-refractivity contribution is -0.181. The second-order valence-electron chi connectivity index (χ2n) is 9.80. The highest BCUT2D eigenvalue weighted by atomic mass is 16.7. The topological polar surface area (TPSA) is 60.5 Å². The summed E-state index contributed by atoms with van der Waals surface area (Å²) in [5, 5.41) is 3.01. The number of pyridine rings is 1. The van der Waals surface area contributed by atoms with Gasteiger partial charge in [-0.05, 0) is 66.6 Å². The number of aromatic nitrogens is 1. The molecule has 176 valence electrons. The molecular formula is C30H28N2O3. The molecule has 1 N–H and O–H groups in total. The highest BCUT2D eigenvalue weighted by Gasteiger charge is 2.53. The van der Waals surface area contributed by atoms with Gasteiger partial charge in [-0.2, -0.15) is 0 Å². The van der Waals surface area contributed by atoms with Crippen molar-refractivity contribution in [2.24, 2.45) is 5.92 Å². The van der Waals surface area contributed by atoms with E-state index in [9.17, 15) is 4.79 Å². The fourth-order valence-corrected chi connectivity index (χ4v) is 5.96. The Morgan fingerprint density at radius 2 is 1.89 bits per heavy atom. The van der Waals surface area contributed by atoms with E-state index in [4.69, 9.17) is 9.47 Å². The van der Waals surface area contributed by atoms with Crippen LogP contribution in [0.3, 0.4) is 0 Å². The Morgan fingerprint density at radius 1 is 1.06 bits per heavy atom. The third kappa shape index (κ3) is 3.81. The van der Waals surface area contributed by atoms with Gasteiger partial charge in [0.25, 0.3) is 5.91 Å². The zero-order valence-electron chi connectivity index (χ0n) is 19.7. The fourth-order valence-electron chi connectivity index (χ4n) is 5.96. The summed E-state index contributed by atoms with van der Waals surface area (Å²) in [6.07, 6.45) is 13.0. The van der Waals surface area contributed by atoms with Gasteiger partial charge in [-0.1, -0.05) is 48.6 Å². The number of ether oxygens (including phenoxy) is 2. The maximum absolute atomic E-state index is 13.1. The summed E-state index contributed by atoms with van der Waals surface area (Å²) in [7, 11) is 0. The van der Waals surface area contributed by atoms with Gasteiger partial charge in [0, 0.05) is 30.0 Å². The van der Waals surface area contributed by atoms with E-state index in [0.717, 1.165) is 42.6 Å². The van der Waals surface area contributed by atoms with E-state index in [0.29, 0.717) is 5.56 Å². The molecule has 35 heavy (non-hydrogen) atoms. The molecule has 1 aromatic heterocycles. The molecule has 5 nitrogen and oxygen atoms in total. The molecule has 1 saturated carbocycles. The third-order valence-electron chi connectivity index (χ3n) is 7.79. The Kier molecular flexibility index (Phi) is 5.21. The molecule has 0 radical (unpaired) electrons. The number of benzene rings is 2. The quantitative estimate of drug-likeness (QED) is 0.502. The van der Waals surface area contributed by atoms with E-state index in [2.05, 4.69) is 58.9 Å². The second-order valence-corrected chi connectivity index (χ2v) is 9.80. The van der Waals surface area contributed by atoms with Crippen LogP contribution in [-0.4, -0.2) is 16.7 Å². The number of allylic oxidation sites excluding steroid dienone is 1. The minimum Gasteiger partial charge on any atom is -0.457 e. The first kappa shape index (κ1) is 21.7. The number of carbonyl (C=O) groups is 1. The molecule has 2 atom stereocenters. The van der Waals surface area contributed by atoms with Crippen LogP contribution in [0.2, 0.25) is 0 Å². The van der Waals surface area contributed by atoms with Crippen LogP contribution < -0.4 is 5.32 Å². The van der Waals surface area contributed by atoms with E-state index in [-0.39, 0.29) is 17.2 Å². The summed E-state index contributed by atoms with van der Waals surface area (Å²) in [6, 6.07) is 20.5. The minimum atomic E-state index is -0.561. The molecule has 1 aliphatic heterocycles. The maximum atomic E-state index is 13.1. The van der Waals surface area contributed by atoms with Crippen LogP contribution in [0, 0.1) is 12.8 Å². The molecule has 2 aromatic carbocycles. The molecule has 0 bridgehead atoms. The lowest BCUT2D eigenvalue weighted by Gasteiger charge is -2.50. The van der Waals surface area contributed by atoms with Gasteiger partial charge in [0.1, 0.15) is 12.5 Å². The summed E-state index contributed by atoms with van der Waals surface area (Å²) < 4.78 is 11.9. The van der Waals surface area contributed by atoms with Crippen LogP contribution in [0.1, 0.15) is 52.0 Å². The number of amides is 1. The SMILES string of the molecule is Cc1ncccc1NC(=O)c1ccc2c(c1)C=C[C@H]1CC3(CC[C@@]21Cc1ccccc1)OC=CO3. The van der Waals surface area contributed by atoms with E-state index < -0.39 is 5.79 Å². The summed E-state index contributed by atoms with van der Waals surface area (Å²) >= 11 is 0. The molecule has 2 heterocycles. The van der Waals surface area contributed by atoms with Gasteiger partial charge in [0.2, 0.25) is 5.79 Å². The summed E-state index contributed by atoms with van der Waals surface area (Å²) in [5.41, 5.74) is 5.80. The van der Waals surface area contributed by atoms with Crippen molar-refractivity contribution >= 4 is 17.7 Å². The van der Waals surface area contributed by atoms with Crippen molar-refractivity contribution in [3.8, 4) is 0 Å². The number of hydrogen-bond acceptors (Lipinski definition) is 4. The Hall–Kier alpha value is -3.86. The van der Waals surface area contributed by atoms with E-state index in [1.807, 2.05) is 31.2 Å². The van der Waals surface area contributed by atoms with Crippen molar-refractivity contribution in [3.05, 3.63) is 113 Å². The summed E-state index contributed by atoms with van der Waals surface area (Å²) in [6.45, 7) is 1.89. The van der Waals surface area contributed by atoms with Crippen molar-refractivity contribution in [1.29, 1.82) is 0 Å². The summed E-state index contributed by atoms with van der Waals surface area (Å²) in [4.78, 5) is 17.3. The number of rotatable bonds is 4. The zero-order valence-corrected chi connectivity index (χ0v) is 19.7. The fraction of sp³-hybridized carbons (Fsp3) is 0.267. The number of fused-ring (bicyclic) bond motifs is 3. The third-order valence-corrected chi connectivity index (χ3v) is 7.79. The van der Waals surface area contributed by atoms with Crippen LogP contribution in [0.4, 0.5) is 5.69 Å². The number of aryl methyl sites for hydroxylation is 1. The zero-order chi connectivity index (χ0) is 23.9. The average Bonchev–Trinajstić information content (AvgIpc) is 3.34. The van der Waals surface area contributed by atoms with E-state index in [1.165, 1.54) is 11.1 Å². The van der Waals surface area contributed by atoms with Crippen molar-refractivity contribution in [3.63, 3.8) is 0 Å². The Balaban J connectivity index is 1.35. The lowest BCUT2D eigenvalue weighted by atomic mass is 9.56. The number of nitrogens with one attached hydrogen (secondary N) is 1. The molecule has 1 spiro atoms. The van der Waals surface area contributed by atoms with Crippen molar-refractivity contribution in [1.82, 2.24) is 4.98 Å². The van der Waals surface area contributed by atoms with Crippen LogP contribution >= 0.6 is 0 Å². The predicted octanol–water partition coefficient (Wildman–Crippen LogP) is 6.16. The normalized spacial score (nSPS) is 23.2. The predicted molar refractivity (Wildman–Crippen MR) is 136 cm³/mol. The van der Waals surface area contributed by atoms with Gasteiger partial charge in [0.15, 0.2) is 0 Å². The van der Waals surface area contributed by atoms with Gasteiger partial charge in [-0.25, -0.2) is 0 Å². The molecule has 6 rings (SSSR count). The van der Waals surface area contributed by atoms with Crippen LogP contribution in [0.15, 0.2) is 85.5 Å². The molecule has 0 saturated heterocycles. The molecule has 5 heteroatoms. The van der Waals surface area contributed by atoms with Crippen molar-refractivity contribution in [2.75, 3.05) is 5.32 Å². The number of hydrogen-bond donors (Lipinski definition) is 1. The van der Waals surface area contributed by atoms with Gasteiger partial charge in [0.05, 0.1) is 11.4 Å². The first-order valence-electron chi connectivity index (χ1n) is 12.2. The molecule has 3 aromatic rings. The van der Waals surface area contributed by atoms with Crippen molar-refractivity contribution < 1.29 is 14.3 Å². The Labute approximate surface area is 205 Å². The Bertz CT molecular complexity index is 1320. The summed E-state index contributed by atoms with van der Waals surface area (Å²) in [5.74, 6) is -0.423. The average molecular weight is 465 g/mol. The smallest absolute Gasteiger partial charge is 0.255 e. The molecule has 3 aliphatic rings.